The zero-order chi connectivity index (χ0) is 12.7. The molecular formula is C13H19Cl2NO. The van der Waals surface area contributed by atoms with E-state index < -0.39 is 0 Å². The normalized spacial score (nSPS) is 12.7. The van der Waals surface area contributed by atoms with Crippen LogP contribution in [0.15, 0.2) is 18.2 Å². The first-order valence-electron chi connectivity index (χ1n) is 5.89. The standard InChI is InChI=1S/C13H19Cl2NO/c1-3-8-17-9-7-12(16-2)10-5-4-6-11(14)13(10)15/h4-6,12,16H,3,7-9H2,1-2H3. The van der Waals surface area contributed by atoms with Crippen molar-refractivity contribution in [1.82, 2.24) is 5.32 Å². The Hall–Kier alpha value is -0.280. The summed E-state index contributed by atoms with van der Waals surface area (Å²) in [5.41, 5.74) is 1.03. The van der Waals surface area contributed by atoms with Crippen LogP contribution in [-0.4, -0.2) is 20.3 Å². The first-order chi connectivity index (χ1) is 8.20. The SMILES string of the molecule is CCCOCCC(NC)c1cccc(Cl)c1Cl. The van der Waals surface area contributed by atoms with Crippen LogP contribution >= 0.6 is 23.2 Å². The Morgan fingerprint density at radius 3 is 2.71 bits per heavy atom. The maximum absolute atomic E-state index is 6.19. The molecule has 0 heterocycles. The van der Waals surface area contributed by atoms with Crippen molar-refractivity contribution in [2.45, 2.75) is 25.8 Å². The van der Waals surface area contributed by atoms with Gasteiger partial charge in [-0.3, -0.25) is 0 Å². The van der Waals surface area contributed by atoms with E-state index in [0.29, 0.717) is 10.0 Å². The molecule has 0 radical (unpaired) electrons. The topological polar surface area (TPSA) is 21.3 Å². The highest BCUT2D eigenvalue weighted by Gasteiger charge is 2.14. The molecule has 2 nitrogen and oxygen atoms in total. The Kier molecular flexibility index (Phi) is 6.90. The maximum atomic E-state index is 6.19. The van der Waals surface area contributed by atoms with Crippen LogP contribution in [0.3, 0.4) is 0 Å². The van der Waals surface area contributed by atoms with Crippen LogP contribution in [0, 0.1) is 0 Å². The first-order valence-corrected chi connectivity index (χ1v) is 6.65. The predicted molar refractivity (Wildman–Crippen MR) is 74.0 cm³/mol. The number of ether oxygens (including phenoxy) is 1. The molecule has 0 aliphatic rings. The summed E-state index contributed by atoms with van der Waals surface area (Å²) in [4.78, 5) is 0. The molecule has 0 aliphatic heterocycles. The summed E-state index contributed by atoms with van der Waals surface area (Å²) in [5, 5.41) is 4.47. The molecule has 1 N–H and O–H groups in total. The molecule has 0 bridgehead atoms. The van der Waals surface area contributed by atoms with Gasteiger partial charge in [-0.2, -0.15) is 0 Å². The molecule has 1 aromatic rings. The fourth-order valence-electron chi connectivity index (χ4n) is 1.69. The fraction of sp³-hybridized carbons (Fsp3) is 0.538. The third-order valence-corrected chi connectivity index (χ3v) is 3.44. The molecule has 0 saturated carbocycles. The third kappa shape index (κ3) is 4.47. The molecule has 1 unspecified atom stereocenters. The van der Waals surface area contributed by atoms with E-state index in [-0.39, 0.29) is 6.04 Å². The third-order valence-electron chi connectivity index (χ3n) is 2.60. The van der Waals surface area contributed by atoms with E-state index in [1.807, 2.05) is 19.2 Å². The Bertz CT molecular complexity index is 344. The molecule has 0 aliphatic carbocycles. The maximum Gasteiger partial charge on any atom is 0.0640 e. The van der Waals surface area contributed by atoms with E-state index in [1.54, 1.807) is 6.07 Å². The molecule has 96 valence electrons. The minimum absolute atomic E-state index is 0.179. The molecule has 4 heteroatoms. The van der Waals surface area contributed by atoms with Crippen LogP contribution in [0.4, 0.5) is 0 Å². The van der Waals surface area contributed by atoms with E-state index in [0.717, 1.165) is 31.6 Å². The second kappa shape index (κ2) is 7.93. The summed E-state index contributed by atoms with van der Waals surface area (Å²) in [5.74, 6) is 0. The monoisotopic (exact) mass is 275 g/mol. The van der Waals surface area contributed by atoms with Gasteiger partial charge in [-0.1, -0.05) is 42.3 Å². The van der Waals surface area contributed by atoms with Crippen LogP contribution in [0.2, 0.25) is 10.0 Å². The van der Waals surface area contributed by atoms with Gasteiger partial charge < -0.3 is 10.1 Å². The first kappa shape index (κ1) is 14.8. The van der Waals surface area contributed by atoms with Crippen molar-refractivity contribution >= 4 is 23.2 Å². The molecule has 1 atom stereocenters. The quantitative estimate of drug-likeness (QED) is 0.758. The predicted octanol–water partition coefficient (Wildman–Crippen LogP) is 4.07. The Morgan fingerprint density at radius 2 is 2.06 bits per heavy atom. The van der Waals surface area contributed by atoms with Crippen LogP contribution in [0.25, 0.3) is 0 Å². The zero-order valence-corrected chi connectivity index (χ0v) is 11.8. The average molecular weight is 276 g/mol. The van der Waals surface area contributed by atoms with Gasteiger partial charge in [0.05, 0.1) is 10.0 Å². The molecule has 0 spiro atoms. The number of nitrogens with one attached hydrogen (secondary N) is 1. The van der Waals surface area contributed by atoms with Gasteiger partial charge in [0.1, 0.15) is 0 Å². The summed E-state index contributed by atoms with van der Waals surface area (Å²) < 4.78 is 5.49. The zero-order valence-electron chi connectivity index (χ0n) is 10.3. The number of hydrogen-bond donors (Lipinski definition) is 1. The Labute approximate surface area is 113 Å². The molecule has 0 aromatic heterocycles. The van der Waals surface area contributed by atoms with E-state index in [1.165, 1.54) is 0 Å². The van der Waals surface area contributed by atoms with Gasteiger partial charge >= 0.3 is 0 Å². The van der Waals surface area contributed by atoms with Crippen LogP contribution < -0.4 is 5.32 Å². The van der Waals surface area contributed by atoms with Gasteiger partial charge in [0.15, 0.2) is 0 Å². The second-order valence-electron chi connectivity index (χ2n) is 3.89. The van der Waals surface area contributed by atoms with Gasteiger partial charge in [-0.05, 0) is 31.5 Å². The minimum Gasteiger partial charge on any atom is -0.381 e. The highest BCUT2D eigenvalue weighted by molar-refractivity contribution is 6.42. The highest BCUT2D eigenvalue weighted by Crippen LogP contribution is 2.31. The molecule has 1 rings (SSSR count). The lowest BCUT2D eigenvalue weighted by Gasteiger charge is -2.18. The molecular weight excluding hydrogens is 257 g/mol. The molecule has 0 saturated heterocycles. The van der Waals surface area contributed by atoms with Crippen molar-refractivity contribution in [2.24, 2.45) is 0 Å². The van der Waals surface area contributed by atoms with E-state index in [9.17, 15) is 0 Å². The van der Waals surface area contributed by atoms with Crippen molar-refractivity contribution in [2.75, 3.05) is 20.3 Å². The largest absolute Gasteiger partial charge is 0.381 e. The van der Waals surface area contributed by atoms with Crippen molar-refractivity contribution in [1.29, 1.82) is 0 Å². The van der Waals surface area contributed by atoms with Crippen LogP contribution in [-0.2, 0) is 4.74 Å². The summed E-state index contributed by atoms with van der Waals surface area (Å²) >= 11 is 12.2. The van der Waals surface area contributed by atoms with E-state index in [4.69, 9.17) is 27.9 Å². The highest BCUT2D eigenvalue weighted by atomic mass is 35.5. The molecule has 0 amide bonds. The van der Waals surface area contributed by atoms with Gasteiger partial charge in [-0.15, -0.1) is 0 Å². The van der Waals surface area contributed by atoms with E-state index in [2.05, 4.69) is 12.2 Å². The van der Waals surface area contributed by atoms with Crippen molar-refractivity contribution in [3.63, 3.8) is 0 Å². The van der Waals surface area contributed by atoms with Gasteiger partial charge in [0.25, 0.3) is 0 Å². The summed E-state index contributed by atoms with van der Waals surface area (Å²) in [6.45, 7) is 3.63. The Balaban J connectivity index is 2.63. The Morgan fingerprint density at radius 1 is 1.29 bits per heavy atom. The van der Waals surface area contributed by atoms with Gasteiger partial charge in [0, 0.05) is 19.3 Å². The van der Waals surface area contributed by atoms with Crippen LogP contribution in [0.5, 0.6) is 0 Å². The lowest BCUT2D eigenvalue weighted by Crippen LogP contribution is -2.19. The smallest absolute Gasteiger partial charge is 0.0640 e. The van der Waals surface area contributed by atoms with Gasteiger partial charge in [-0.25, -0.2) is 0 Å². The van der Waals surface area contributed by atoms with Gasteiger partial charge in [0.2, 0.25) is 0 Å². The lowest BCUT2D eigenvalue weighted by molar-refractivity contribution is 0.125. The van der Waals surface area contributed by atoms with E-state index >= 15 is 0 Å². The number of rotatable bonds is 7. The van der Waals surface area contributed by atoms with Crippen molar-refractivity contribution < 1.29 is 4.74 Å². The van der Waals surface area contributed by atoms with Crippen molar-refractivity contribution in [3.8, 4) is 0 Å². The minimum atomic E-state index is 0.179. The molecule has 0 fully saturated rings. The molecule has 17 heavy (non-hydrogen) atoms. The fourth-order valence-corrected chi connectivity index (χ4v) is 2.13. The van der Waals surface area contributed by atoms with Crippen molar-refractivity contribution in [3.05, 3.63) is 33.8 Å². The average Bonchev–Trinajstić information content (AvgIpc) is 2.34. The van der Waals surface area contributed by atoms with Crippen LogP contribution in [0.1, 0.15) is 31.4 Å². The summed E-state index contributed by atoms with van der Waals surface area (Å²) in [6.07, 6.45) is 1.93. The number of halogens is 2. The second-order valence-corrected chi connectivity index (χ2v) is 4.67. The summed E-state index contributed by atoms with van der Waals surface area (Å²) in [6, 6.07) is 5.89. The molecule has 1 aromatic carbocycles. The number of benzene rings is 1. The summed E-state index contributed by atoms with van der Waals surface area (Å²) in [7, 11) is 1.92. The lowest BCUT2D eigenvalue weighted by atomic mass is 10.0. The number of hydrogen-bond acceptors (Lipinski definition) is 2.